The van der Waals surface area contributed by atoms with Gasteiger partial charge in [-0.05, 0) is 107 Å². The number of cyclic esters (lactones) is 1. The summed E-state index contributed by atoms with van der Waals surface area (Å²) in [6.45, 7) is 10.4. The highest BCUT2D eigenvalue weighted by Crippen LogP contribution is 2.41. The van der Waals surface area contributed by atoms with Gasteiger partial charge in [-0.25, -0.2) is 9.18 Å². The van der Waals surface area contributed by atoms with Crippen molar-refractivity contribution >= 4 is 23.4 Å². The number of amides is 1. The van der Waals surface area contributed by atoms with Crippen LogP contribution in [0.25, 0.3) is 0 Å². The first-order valence-electron chi connectivity index (χ1n) is 23.8. The molecule has 1 amide bonds. The molecule has 2 saturated heterocycles. The highest BCUT2D eigenvalue weighted by atomic mass is 19.1. The van der Waals surface area contributed by atoms with E-state index in [1.54, 1.807) is 53.0 Å². The number of esters is 1. The number of ether oxygens (including phenoxy) is 8. The van der Waals surface area contributed by atoms with E-state index in [4.69, 9.17) is 37.9 Å². The number of piperidine rings is 1. The number of nitrogens with zero attached hydrogens (tertiary/aromatic N) is 1. The zero-order valence-corrected chi connectivity index (χ0v) is 40.1. The summed E-state index contributed by atoms with van der Waals surface area (Å²) in [4.78, 5) is 58.3. The summed E-state index contributed by atoms with van der Waals surface area (Å²) in [6, 6.07) is 4.24. The summed E-state index contributed by atoms with van der Waals surface area (Å²) < 4.78 is 63.8. The zero-order chi connectivity index (χ0) is 48.0. The van der Waals surface area contributed by atoms with Crippen molar-refractivity contribution in [2.24, 2.45) is 29.6 Å². The molecule has 0 spiro atoms. The van der Waals surface area contributed by atoms with E-state index < -0.39 is 89.9 Å². The SMILES string of the molecule is CCC1C=C(C)C(F)C(C)CC(OC)C2OC(O)(C(=O)C(=O)N3CCCCC3C(=O)OC(C(C)=CC3CCC(Oc4ccc5c(c4)OCO5)C(OC)C3)C(C)C(O)CC1=O)C(C)CC2OC. The van der Waals surface area contributed by atoms with E-state index in [2.05, 4.69) is 0 Å². The molecule has 0 aromatic heterocycles. The highest BCUT2D eigenvalue weighted by molar-refractivity contribution is 6.39. The monoisotopic (exact) mass is 929 g/mol. The lowest BCUT2D eigenvalue weighted by Crippen LogP contribution is -2.64. The van der Waals surface area contributed by atoms with Gasteiger partial charge in [0.15, 0.2) is 11.5 Å². The lowest BCUT2D eigenvalue weighted by Gasteiger charge is -2.47. The number of ketones is 2. The number of carbonyl (C=O) groups excluding carboxylic acids is 4. The molecule has 368 valence electrons. The smallest absolute Gasteiger partial charge is 0.329 e. The molecular weight excluding hydrogens is 858 g/mol. The predicted octanol–water partition coefficient (Wildman–Crippen LogP) is 6.24. The molecule has 16 heteroatoms. The lowest BCUT2D eigenvalue weighted by atomic mass is 9.81. The van der Waals surface area contributed by atoms with Crippen LogP contribution in [-0.2, 0) is 42.9 Å². The molecule has 6 rings (SSSR count). The van der Waals surface area contributed by atoms with Gasteiger partial charge in [0.1, 0.15) is 42.1 Å². The Balaban J connectivity index is 1.31. The Kier molecular flexibility index (Phi) is 17.5. The highest BCUT2D eigenvalue weighted by Gasteiger charge is 2.57. The maximum atomic E-state index is 16.3. The van der Waals surface area contributed by atoms with Crippen LogP contribution in [0.2, 0.25) is 0 Å². The van der Waals surface area contributed by atoms with Gasteiger partial charge in [0.2, 0.25) is 12.6 Å². The van der Waals surface area contributed by atoms with Gasteiger partial charge in [0.05, 0.1) is 24.4 Å². The van der Waals surface area contributed by atoms with Crippen LogP contribution in [0.4, 0.5) is 4.39 Å². The first kappa shape index (κ1) is 51.5. The molecular formula is C50H72FNO14. The number of hydrogen-bond donors (Lipinski definition) is 2. The number of allylic oxidation sites excluding steroid dienone is 3. The third-order valence-corrected chi connectivity index (χ3v) is 14.7. The van der Waals surface area contributed by atoms with Crippen LogP contribution in [0.1, 0.15) is 106 Å². The van der Waals surface area contributed by atoms with Crippen molar-refractivity contribution in [1.29, 1.82) is 0 Å². The minimum atomic E-state index is -2.61. The van der Waals surface area contributed by atoms with Crippen molar-refractivity contribution < 1.29 is 71.7 Å². The van der Waals surface area contributed by atoms with Gasteiger partial charge in [0.25, 0.3) is 11.7 Å². The topological polar surface area (TPSA) is 186 Å². The van der Waals surface area contributed by atoms with E-state index in [0.717, 1.165) is 4.90 Å². The van der Waals surface area contributed by atoms with Gasteiger partial charge in [0, 0.05) is 58.1 Å². The summed E-state index contributed by atoms with van der Waals surface area (Å²) in [5.74, 6) is -7.27. The molecule has 2 N–H and O–H groups in total. The van der Waals surface area contributed by atoms with Gasteiger partial charge >= 0.3 is 5.97 Å². The fourth-order valence-corrected chi connectivity index (χ4v) is 10.5. The molecule has 15 unspecified atom stereocenters. The summed E-state index contributed by atoms with van der Waals surface area (Å²) >= 11 is 0. The number of benzene rings is 1. The zero-order valence-electron chi connectivity index (χ0n) is 40.1. The van der Waals surface area contributed by atoms with Crippen LogP contribution >= 0.6 is 0 Å². The fraction of sp³-hybridized carbons (Fsp3) is 0.720. The van der Waals surface area contributed by atoms with Crippen LogP contribution in [0.3, 0.4) is 0 Å². The third kappa shape index (κ3) is 11.3. The van der Waals surface area contributed by atoms with Crippen molar-refractivity contribution in [2.45, 2.75) is 166 Å². The van der Waals surface area contributed by atoms with Crippen molar-refractivity contribution in [3.63, 3.8) is 0 Å². The Hall–Kier alpha value is -3.93. The predicted molar refractivity (Wildman–Crippen MR) is 239 cm³/mol. The lowest BCUT2D eigenvalue weighted by molar-refractivity contribution is -0.302. The van der Waals surface area contributed by atoms with E-state index >= 15 is 4.39 Å². The largest absolute Gasteiger partial charge is 0.488 e. The van der Waals surface area contributed by atoms with Crippen molar-refractivity contribution in [1.82, 2.24) is 4.90 Å². The molecule has 1 aliphatic carbocycles. The van der Waals surface area contributed by atoms with E-state index in [1.807, 2.05) is 26.0 Å². The van der Waals surface area contributed by atoms with Crippen molar-refractivity contribution in [2.75, 3.05) is 34.7 Å². The molecule has 3 fully saturated rings. The number of fused-ring (bicyclic) bond motifs is 4. The van der Waals surface area contributed by atoms with Gasteiger partial charge in [-0.2, -0.15) is 0 Å². The molecule has 2 bridgehead atoms. The van der Waals surface area contributed by atoms with Crippen LogP contribution in [0.5, 0.6) is 17.2 Å². The van der Waals surface area contributed by atoms with E-state index in [0.29, 0.717) is 66.9 Å². The van der Waals surface area contributed by atoms with Crippen LogP contribution in [0.15, 0.2) is 41.5 Å². The molecule has 0 radical (unpaired) electrons. The number of carbonyl (C=O) groups is 4. The van der Waals surface area contributed by atoms with Crippen LogP contribution < -0.4 is 14.2 Å². The Morgan fingerprint density at radius 2 is 1.62 bits per heavy atom. The number of Topliss-reactive ketones (excluding diaryl/α,β-unsaturated/α-hetero) is 2. The Morgan fingerprint density at radius 1 is 0.924 bits per heavy atom. The second kappa shape index (κ2) is 22.5. The fourth-order valence-electron chi connectivity index (χ4n) is 10.5. The quantitative estimate of drug-likeness (QED) is 0.170. The number of aliphatic hydroxyl groups excluding tert-OH is 1. The molecule has 4 heterocycles. The molecule has 1 saturated carbocycles. The van der Waals surface area contributed by atoms with E-state index in [1.165, 1.54) is 14.2 Å². The normalized spacial score (nSPS) is 37.9. The molecule has 66 heavy (non-hydrogen) atoms. The molecule has 1 aromatic rings. The number of hydrogen-bond acceptors (Lipinski definition) is 14. The van der Waals surface area contributed by atoms with Crippen molar-refractivity contribution in [3.05, 3.63) is 41.5 Å². The number of rotatable bonds is 8. The average molecular weight is 930 g/mol. The standard InChI is InChI=1S/C50H72FNO14/c1-10-33-20-27(2)44(51)28(3)21-42(60-8)46-43(61-9)22-30(5)50(58,66-46)47(55)48(56)52-18-12-11-13-35(52)49(57)65-45(31(6)36(53)25-37(33)54)29(4)19-32-14-16-39(40(23-32)59-7)64-34-15-17-38-41(24-34)63-26-62-38/h15,17,19-20,24,28,30-33,35-36,39-40,42-46,53,58H,10-14,16,18,21-23,25-26H2,1-9H3. The number of aliphatic hydroxyl groups is 2. The first-order chi connectivity index (χ1) is 31.4. The molecule has 15 nitrogen and oxygen atoms in total. The molecule has 15 atom stereocenters. The molecule has 1 aromatic carbocycles. The van der Waals surface area contributed by atoms with Crippen LogP contribution in [0, 0.1) is 29.6 Å². The number of methoxy groups -OCH3 is 3. The summed E-state index contributed by atoms with van der Waals surface area (Å²) in [5, 5.41) is 23.9. The van der Waals surface area contributed by atoms with Gasteiger partial charge in [-0.3, -0.25) is 14.4 Å². The maximum Gasteiger partial charge on any atom is 0.329 e. The average Bonchev–Trinajstić information content (AvgIpc) is 3.79. The minimum absolute atomic E-state index is 0.0436. The summed E-state index contributed by atoms with van der Waals surface area (Å²) in [6.07, 6.45) is 0.0436. The maximum absolute atomic E-state index is 16.3. The second-order valence-corrected chi connectivity index (χ2v) is 19.2. The summed E-state index contributed by atoms with van der Waals surface area (Å²) in [7, 11) is 4.52. The van der Waals surface area contributed by atoms with Gasteiger partial charge in [-0.15, -0.1) is 0 Å². The van der Waals surface area contributed by atoms with E-state index in [-0.39, 0.29) is 62.9 Å². The Bertz CT molecular complexity index is 1940. The van der Waals surface area contributed by atoms with E-state index in [9.17, 15) is 29.4 Å². The third-order valence-electron chi connectivity index (χ3n) is 14.7. The number of alkyl halides is 1. The summed E-state index contributed by atoms with van der Waals surface area (Å²) in [5.41, 5.74) is 0.958. The minimum Gasteiger partial charge on any atom is -0.488 e. The molecule has 4 aliphatic heterocycles. The van der Waals surface area contributed by atoms with Gasteiger partial charge in [-0.1, -0.05) is 39.8 Å². The molecule has 5 aliphatic rings. The first-order valence-corrected chi connectivity index (χ1v) is 23.8. The Labute approximate surface area is 388 Å². The Morgan fingerprint density at radius 3 is 2.32 bits per heavy atom. The van der Waals surface area contributed by atoms with Gasteiger partial charge < -0.3 is 53.0 Å². The number of halogens is 1. The van der Waals surface area contributed by atoms with Crippen LogP contribution in [-0.4, -0.2) is 134 Å². The second-order valence-electron chi connectivity index (χ2n) is 19.2. The van der Waals surface area contributed by atoms with Crippen molar-refractivity contribution in [3.8, 4) is 17.2 Å².